The maximum absolute atomic E-state index is 11.8. The number of hydrogen-bond acceptors (Lipinski definition) is 5. The first-order valence-corrected chi connectivity index (χ1v) is 6.19. The number of rotatable bonds is 3. The van der Waals surface area contributed by atoms with Crippen LogP contribution in [0.4, 0.5) is 0 Å². The lowest BCUT2D eigenvalue weighted by molar-refractivity contribution is 0.0955. The van der Waals surface area contributed by atoms with E-state index < -0.39 is 23.2 Å². The molecule has 7 heteroatoms. The lowest BCUT2D eigenvalue weighted by Gasteiger charge is -2.03. The summed E-state index contributed by atoms with van der Waals surface area (Å²) in [5, 5.41) is 32.2. The Morgan fingerprint density at radius 1 is 1.14 bits per heavy atom. The van der Waals surface area contributed by atoms with Gasteiger partial charge in [0.15, 0.2) is 11.5 Å². The highest BCUT2D eigenvalue weighted by Gasteiger charge is 2.09. The van der Waals surface area contributed by atoms with Gasteiger partial charge < -0.3 is 15.3 Å². The SMILES string of the molecule is O=C(N/N=C\c1ccc(O)c(O)c1O)c1cccc(Cl)c1. The van der Waals surface area contributed by atoms with Gasteiger partial charge in [0, 0.05) is 16.1 Å². The third-order valence-corrected chi connectivity index (χ3v) is 2.85. The Balaban J connectivity index is 2.09. The van der Waals surface area contributed by atoms with Crippen LogP contribution in [0.2, 0.25) is 5.02 Å². The van der Waals surface area contributed by atoms with Crippen LogP contribution in [-0.2, 0) is 0 Å². The predicted octanol–water partition coefficient (Wildman–Crippen LogP) is 2.22. The Kier molecular flexibility index (Phi) is 4.30. The molecule has 0 spiro atoms. The molecule has 0 aromatic heterocycles. The molecular formula is C14H11ClN2O4. The fourth-order valence-corrected chi connectivity index (χ4v) is 1.73. The minimum atomic E-state index is -0.653. The Bertz CT molecular complexity index is 716. The van der Waals surface area contributed by atoms with E-state index in [1.165, 1.54) is 18.2 Å². The van der Waals surface area contributed by atoms with Crippen molar-refractivity contribution in [3.63, 3.8) is 0 Å². The van der Waals surface area contributed by atoms with Gasteiger partial charge in [-0.2, -0.15) is 5.10 Å². The smallest absolute Gasteiger partial charge is 0.271 e. The lowest BCUT2D eigenvalue weighted by atomic mass is 10.2. The molecule has 4 N–H and O–H groups in total. The van der Waals surface area contributed by atoms with E-state index >= 15 is 0 Å². The van der Waals surface area contributed by atoms with Gasteiger partial charge in [-0.25, -0.2) is 5.43 Å². The van der Waals surface area contributed by atoms with Gasteiger partial charge in [0.05, 0.1) is 6.21 Å². The average molecular weight is 307 g/mol. The molecule has 21 heavy (non-hydrogen) atoms. The molecule has 2 aromatic carbocycles. The van der Waals surface area contributed by atoms with Crippen LogP contribution in [-0.4, -0.2) is 27.4 Å². The summed E-state index contributed by atoms with van der Waals surface area (Å²) in [4.78, 5) is 11.8. The average Bonchev–Trinajstić information content (AvgIpc) is 2.47. The number of phenolic OH excluding ortho intramolecular Hbond substituents is 3. The highest BCUT2D eigenvalue weighted by atomic mass is 35.5. The molecule has 108 valence electrons. The molecule has 0 atom stereocenters. The van der Waals surface area contributed by atoms with Gasteiger partial charge in [0.25, 0.3) is 5.91 Å². The molecule has 2 rings (SSSR count). The molecule has 0 unspecified atom stereocenters. The van der Waals surface area contributed by atoms with Gasteiger partial charge in [0.2, 0.25) is 5.75 Å². The molecule has 0 heterocycles. The van der Waals surface area contributed by atoms with Crippen LogP contribution in [0.15, 0.2) is 41.5 Å². The first kappa shape index (κ1) is 14.7. The first-order chi connectivity index (χ1) is 9.99. The van der Waals surface area contributed by atoms with E-state index in [2.05, 4.69) is 10.5 Å². The van der Waals surface area contributed by atoms with Crippen LogP contribution in [0.25, 0.3) is 0 Å². The van der Waals surface area contributed by atoms with Crippen molar-refractivity contribution < 1.29 is 20.1 Å². The van der Waals surface area contributed by atoms with Gasteiger partial charge in [-0.3, -0.25) is 4.79 Å². The van der Waals surface area contributed by atoms with Gasteiger partial charge in [-0.05, 0) is 30.3 Å². The van der Waals surface area contributed by atoms with E-state index in [4.69, 9.17) is 11.6 Å². The zero-order chi connectivity index (χ0) is 15.4. The summed E-state index contributed by atoms with van der Waals surface area (Å²) in [7, 11) is 0. The zero-order valence-electron chi connectivity index (χ0n) is 10.6. The molecule has 0 aliphatic carbocycles. The van der Waals surface area contributed by atoms with Crippen LogP contribution in [0, 0.1) is 0 Å². The normalized spacial score (nSPS) is 10.7. The van der Waals surface area contributed by atoms with Gasteiger partial charge in [0.1, 0.15) is 0 Å². The number of halogens is 1. The van der Waals surface area contributed by atoms with E-state index in [0.717, 1.165) is 6.21 Å². The largest absolute Gasteiger partial charge is 0.504 e. The quantitative estimate of drug-likeness (QED) is 0.396. The Labute approximate surface area is 124 Å². The number of nitrogens with one attached hydrogen (secondary N) is 1. The van der Waals surface area contributed by atoms with Crippen molar-refractivity contribution in [2.45, 2.75) is 0 Å². The van der Waals surface area contributed by atoms with Crippen molar-refractivity contribution in [3.8, 4) is 17.2 Å². The molecule has 6 nitrogen and oxygen atoms in total. The van der Waals surface area contributed by atoms with Crippen molar-refractivity contribution in [1.29, 1.82) is 0 Å². The number of aromatic hydroxyl groups is 3. The maximum atomic E-state index is 11.8. The Morgan fingerprint density at radius 2 is 1.90 bits per heavy atom. The Morgan fingerprint density at radius 3 is 2.62 bits per heavy atom. The number of nitrogens with zero attached hydrogens (tertiary/aromatic N) is 1. The topological polar surface area (TPSA) is 102 Å². The van der Waals surface area contributed by atoms with Crippen molar-refractivity contribution in [1.82, 2.24) is 5.43 Å². The van der Waals surface area contributed by atoms with Gasteiger partial charge in [-0.1, -0.05) is 17.7 Å². The second-order valence-corrected chi connectivity index (χ2v) is 4.52. The van der Waals surface area contributed by atoms with Crippen LogP contribution in [0.3, 0.4) is 0 Å². The molecule has 0 aliphatic rings. The summed E-state index contributed by atoms with van der Waals surface area (Å²) in [5.41, 5.74) is 2.72. The van der Waals surface area contributed by atoms with E-state index in [1.807, 2.05) is 0 Å². The number of carbonyl (C=O) groups is 1. The predicted molar refractivity (Wildman–Crippen MR) is 77.9 cm³/mol. The maximum Gasteiger partial charge on any atom is 0.271 e. The summed E-state index contributed by atoms with van der Waals surface area (Å²) in [6.07, 6.45) is 1.14. The monoisotopic (exact) mass is 306 g/mol. The van der Waals surface area contributed by atoms with E-state index in [1.54, 1.807) is 18.2 Å². The third kappa shape index (κ3) is 3.43. The first-order valence-electron chi connectivity index (χ1n) is 5.82. The number of hydrazone groups is 1. The van der Waals surface area contributed by atoms with Gasteiger partial charge in [-0.15, -0.1) is 0 Å². The number of benzene rings is 2. The van der Waals surface area contributed by atoms with E-state index in [-0.39, 0.29) is 5.56 Å². The molecule has 0 radical (unpaired) electrons. The molecule has 0 saturated carbocycles. The number of amides is 1. The third-order valence-electron chi connectivity index (χ3n) is 2.62. The summed E-state index contributed by atoms with van der Waals surface area (Å²) >= 11 is 5.77. The standard InChI is InChI=1S/C14H11ClN2O4/c15-10-3-1-2-8(6-10)14(21)17-16-7-9-4-5-11(18)13(20)12(9)19/h1-7,18-20H,(H,17,21)/b16-7-. The zero-order valence-corrected chi connectivity index (χ0v) is 11.4. The fourth-order valence-electron chi connectivity index (χ4n) is 1.54. The number of carbonyl (C=O) groups excluding carboxylic acids is 1. The second-order valence-electron chi connectivity index (χ2n) is 4.08. The van der Waals surface area contributed by atoms with Gasteiger partial charge >= 0.3 is 0 Å². The van der Waals surface area contributed by atoms with Crippen molar-refractivity contribution >= 4 is 23.7 Å². The second kappa shape index (κ2) is 6.15. The van der Waals surface area contributed by atoms with Crippen molar-refractivity contribution in [2.24, 2.45) is 5.10 Å². The summed E-state index contributed by atoms with van der Waals surface area (Å²) in [6.45, 7) is 0. The lowest BCUT2D eigenvalue weighted by Crippen LogP contribution is -2.17. The molecule has 0 aliphatic heterocycles. The highest BCUT2D eigenvalue weighted by molar-refractivity contribution is 6.30. The van der Waals surface area contributed by atoms with Crippen molar-refractivity contribution in [3.05, 3.63) is 52.5 Å². The molecular weight excluding hydrogens is 296 g/mol. The molecule has 0 bridgehead atoms. The molecule has 0 saturated heterocycles. The molecule has 0 fully saturated rings. The van der Waals surface area contributed by atoms with Crippen LogP contribution >= 0.6 is 11.6 Å². The molecule has 2 aromatic rings. The number of phenols is 3. The number of hydrogen-bond donors (Lipinski definition) is 4. The molecule has 1 amide bonds. The van der Waals surface area contributed by atoms with Crippen LogP contribution in [0.1, 0.15) is 15.9 Å². The Hall–Kier alpha value is -2.73. The van der Waals surface area contributed by atoms with Crippen molar-refractivity contribution in [2.75, 3.05) is 0 Å². The minimum Gasteiger partial charge on any atom is -0.504 e. The summed E-state index contributed by atoms with van der Waals surface area (Å²) < 4.78 is 0. The van der Waals surface area contributed by atoms with Crippen LogP contribution in [0.5, 0.6) is 17.2 Å². The summed E-state index contributed by atoms with van der Waals surface area (Å²) in [5.74, 6) is -2.11. The van der Waals surface area contributed by atoms with E-state index in [0.29, 0.717) is 10.6 Å². The highest BCUT2D eigenvalue weighted by Crippen LogP contribution is 2.36. The van der Waals surface area contributed by atoms with Crippen LogP contribution < -0.4 is 5.43 Å². The fraction of sp³-hybridized carbons (Fsp3) is 0. The van der Waals surface area contributed by atoms with E-state index in [9.17, 15) is 20.1 Å². The summed E-state index contributed by atoms with van der Waals surface area (Å²) in [6, 6.07) is 8.84. The minimum absolute atomic E-state index is 0.136.